The van der Waals surface area contributed by atoms with Crippen molar-refractivity contribution < 1.29 is 14.3 Å². The monoisotopic (exact) mass is 208 g/mol. The fourth-order valence-corrected chi connectivity index (χ4v) is 1.61. The summed E-state index contributed by atoms with van der Waals surface area (Å²) in [6.45, 7) is 2.12. The number of rotatable bonds is 2. The fraction of sp³-hybridized carbons (Fsp3) is 0.200. The highest BCUT2D eigenvalue weighted by molar-refractivity contribution is 5.90. The first kappa shape index (κ1) is 9.64. The zero-order valence-corrected chi connectivity index (χ0v) is 8.07. The number of imidazole rings is 1. The molecule has 15 heavy (non-hydrogen) atoms. The molecule has 0 saturated carbocycles. The molecular formula is C10H9FN2O2. The first-order chi connectivity index (χ1) is 7.15. The predicted octanol–water partition coefficient (Wildman–Crippen LogP) is 1.89. The number of aromatic carboxylic acids is 1. The lowest BCUT2D eigenvalue weighted by Gasteiger charge is -2.02. The number of aromatic nitrogens is 2. The fourth-order valence-electron chi connectivity index (χ4n) is 1.61. The number of fused-ring (bicyclic) bond motifs is 1. The van der Waals surface area contributed by atoms with Crippen LogP contribution in [0.1, 0.15) is 17.5 Å². The molecule has 0 fully saturated rings. The van der Waals surface area contributed by atoms with Crippen LogP contribution >= 0.6 is 0 Å². The van der Waals surface area contributed by atoms with Gasteiger partial charge in [0.15, 0.2) is 0 Å². The van der Waals surface area contributed by atoms with Gasteiger partial charge in [0.05, 0.1) is 5.52 Å². The SMILES string of the molecule is CCn1c(C(=O)O)nc2cccc(F)c21. The van der Waals surface area contributed by atoms with Crippen molar-refractivity contribution in [3.8, 4) is 0 Å². The van der Waals surface area contributed by atoms with Crippen LogP contribution in [0.25, 0.3) is 11.0 Å². The van der Waals surface area contributed by atoms with Crippen molar-refractivity contribution in [2.24, 2.45) is 0 Å². The average molecular weight is 208 g/mol. The van der Waals surface area contributed by atoms with Gasteiger partial charge in [-0.25, -0.2) is 14.2 Å². The quantitative estimate of drug-likeness (QED) is 0.819. The van der Waals surface area contributed by atoms with Crippen molar-refractivity contribution >= 4 is 17.0 Å². The van der Waals surface area contributed by atoms with Crippen molar-refractivity contribution in [2.75, 3.05) is 0 Å². The minimum absolute atomic E-state index is 0.127. The summed E-state index contributed by atoms with van der Waals surface area (Å²) in [5.74, 6) is -1.72. The largest absolute Gasteiger partial charge is 0.475 e. The first-order valence-electron chi connectivity index (χ1n) is 4.53. The van der Waals surface area contributed by atoms with Gasteiger partial charge in [0, 0.05) is 6.54 Å². The Morgan fingerprint density at radius 1 is 1.60 bits per heavy atom. The number of para-hydroxylation sites is 1. The van der Waals surface area contributed by atoms with Crippen LogP contribution in [-0.4, -0.2) is 20.6 Å². The molecule has 0 aliphatic rings. The van der Waals surface area contributed by atoms with Gasteiger partial charge in [-0.3, -0.25) is 0 Å². The third-order valence-corrected chi connectivity index (χ3v) is 2.22. The molecule has 1 heterocycles. The molecule has 5 heteroatoms. The molecule has 1 N–H and O–H groups in total. The molecule has 0 bridgehead atoms. The Labute approximate surface area is 85.0 Å². The van der Waals surface area contributed by atoms with E-state index in [1.54, 1.807) is 13.0 Å². The molecule has 1 aromatic carbocycles. The van der Waals surface area contributed by atoms with Crippen LogP contribution in [0.3, 0.4) is 0 Å². The Morgan fingerprint density at radius 2 is 2.33 bits per heavy atom. The van der Waals surface area contributed by atoms with E-state index in [-0.39, 0.29) is 11.3 Å². The molecule has 1 aromatic heterocycles. The van der Waals surface area contributed by atoms with Crippen molar-refractivity contribution in [3.05, 3.63) is 29.8 Å². The molecule has 2 rings (SSSR count). The van der Waals surface area contributed by atoms with Gasteiger partial charge in [0.2, 0.25) is 5.82 Å². The number of halogens is 1. The second-order valence-electron chi connectivity index (χ2n) is 3.09. The molecule has 0 radical (unpaired) electrons. The Bertz CT molecular complexity index is 533. The summed E-state index contributed by atoms with van der Waals surface area (Å²) >= 11 is 0. The van der Waals surface area contributed by atoms with Gasteiger partial charge in [0.25, 0.3) is 0 Å². The summed E-state index contributed by atoms with van der Waals surface area (Å²) in [6, 6.07) is 4.40. The number of nitrogens with zero attached hydrogens (tertiary/aromatic N) is 2. The van der Waals surface area contributed by atoms with Crippen LogP contribution in [0, 0.1) is 5.82 Å². The molecule has 0 aliphatic heterocycles. The number of aryl methyl sites for hydroxylation is 1. The molecule has 78 valence electrons. The summed E-state index contributed by atoms with van der Waals surface area (Å²) in [5.41, 5.74) is 0.617. The molecule has 2 aromatic rings. The predicted molar refractivity (Wildman–Crippen MR) is 52.3 cm³/mol. The number of carboxylic acid groups (broad SMARTS) is 1. The van der Waals surface area contributed by atoms with E-state index in [0.29, 0.717) is 12.1 Å². The summed E-state index contributed by atoms with van der Waals surface area (Å²) in [7, 11) is 0. The zero-order valence-electron chi connectivity index (χ0n) is 8.07. The molecule has 0 spiro atoms. The number of benzene rings is 1. The van der Waals surface area contributed by atoms with Crippen molar-refractivity contribution in [3.63, 3.8) is 0 Å². The topological polar surface area (TPSA) is 55.1 Å². The number of hydrogen-bond donors (Lipinski definition) is 1. The molecule has 0 amide bonds. The molecule has 0 aliphatic carbocycles. The van der Waals surface area contributed by atoms with Crippen LogP contribution in [0.2, 0.25) is 0 Å². The number of hydrogen-bond acceptors (Lipinski definition) is 2. The lowest BCUT2D eigenvalue weighted by molar-refractivity contribution is 0.0679. The van der Waals surface area contributed by atoms with Crippen LogP contribution in [0.15, 0.2) is 18.2 Å². The lowest BCUT2D eigenvalue weighted by atomic mass is 10.3. The minimum atomic E-state index is -1.15. The smallest absolute Gasteiger partial charge is 0.372 e. The van der Waals surface area contributed by atoms with Gasteiger partial charge in [-0.15, -0.1) is 0 Å². The van der Waals surface area contributed by atoms with Crippen LogP contribution < -0.4 is 0 Å². The van der Waals surface area contributed by atoms with E-state index in [4.69, 9.17) is 5.11 Å². The summed E-state index contributed by atoms with van der Waals surface area (Å²) in [4.78, 5) is 14.7. The van der Waals surface area contributed by atoms with E-state index in [9.17, 15) is 9.18 Å². The molecular weight excluding hydrogens is 199 g/mol. The van der Waals surface area contributed by atoms with Crippen LogP contribution in [0.5, 0.6) is 0 Å². The zero-order chi connectivity index (χ0) is 11.0. The van der Waals surface area contributed by atoms with E-state index in [0.717, 1.165) is 0 Å². The molecule has 0 saturated heterocycles. The van der Waals surface area contributed by atoms with E-state index in [1.807, 2.05) is 0 Å². The maximum atomic E-state index is 13.5. The van der Waals surface area contributed by atoms with Gasteiger partial charge >= 0.3 is 5.97 Å². The third-order valence-electron chi connectivity index (χ3n) is 2.22. The highest BCUT2D eigenvalue weighted by Gasteiger charge is 2.17. The Morgan fingerprint density at radius 3 is 2.93 bits per heavy atom. The second-order valence-corrected chi connectivity index (χ2v) is 3.09. The number of carbonyl (C=O) groups is 1. The lowest BCUT2D eigenvalue weighted by Crippen LogP contribution is -2.08. The van der Waals surface area contributed by atoms with Crippen molar-refractivity contribution in [1.82, 2.24) is 9.55 Å². The number of carboxylic acids is 1. The van der Waals surface area contributed by atoms with Gasteiger partial charge in [-0.1, -0.05) is 6.07 Å². The summed E-state index contributed by atoms with van der Waals surface area (Å²) in [6.07, 6.45) is 0. The van der Waals surface area contributed by atoms with E-state index in [2.05, 4.69) is 4.98 Å². The van der Waals surface area contributed by atoms with Crippen molar-refractivity contribution in [1.29, 1.82) is 0 Å². The van der Waals surface area contributed by atoms with E-state index < -0.39 is 11.8 Å². The van der Waals surface area contributed by atoms with Gasteiger partial charge in [-0.2, -0.15) is 0 Å². The van der Waals surface area contributed by atoms with E-state index in [1.165, 1.54) is 16.7 Å². The van der Waals surface area contributed by atoms with Gasteiger partial charge in [0.1, 0.15) is 11.3 Å². The van der Waals surface area contributed by atoms with Crippen LogP contribution in [0.4, 0.5) is 4.39 Å². The minimum Gasteiger partial charge on any atom is -0.475 e. The maximum absolute atomic E-state index is 13.5. The molecule has 4 nitrogen and oxygen atoms in total. The molecule has 0 unspecified atom stereocenters. The first-order valence-corrected chi connectivity index (χ1v) is 4.53. The summed E-state index contributed by atoms with van der Waals surface area (Å²) < 4.78 is 14.8. The second kappa shape index (κ2) is 3.34. The van der Waals surface area contributed by atoms with Crippen LogP contribution in [-0.2, 0) is 6.54 Å². The average Bonchev–Trinajstić information content (AvgIpc) is 2.57. The Hall–Kier alpha value is -1.91. The summed E-state index contributed by atoms with van der Waals surface area (Å²) in [5, 5.41) is 8.88. The highest BCUT2D eigenvalue weighted by atomic mass is 19.1. The van der Waals surface area contributed by atoms with Crippen molar-refractivity contribution in [2.45, 2.75) is 13.5 Å². The highest BCUT2D eigenvalue weighted by Crippen LogP contribution is 2.19. The van der Waals surface area contributed by atoms with E-state index >= 15 is 0 Å². The normalized spacial score (nSPS) is 10.8. The maximum Gasteiger partial charge on any atom is 0.372 e. The van der Waals surface area contributed by atoms with Gasteiger partial charge < -0.3 is 9.67 Å². The Kier molecular flexibility index (Phi) is 2.15. The third kappa shape index (κ3) is 1.36. The standard InChI is InChI=1S/C10H9FN2O2/c1-2-13-8-6(11)4-3-5-7(8)12-9(13)10(14)15/h3-5H,2H2,1H3,(H,14,15). The molecule has 0 atom stereocenters. The Balaban J connectivity index is 2.86. The van der Waals surface area contributed by atoms with Gasteiger partial charge in [-0.05, 0) is 19.1 Å².